The minimum absolute atomic E-state index is 0.168. The SMILES string of the molecule is CCN(CC)c1ccc2cc(C=C3C(=C(C#N)C#N)c4ccccc4C3=C(C#N)C#N)c(=O)oc2c1. The zero-order valence-corrected chi connectivity index (χ0v) is 19.7. The Bertz CT molecular complexity index is 1620. The van der Waals surface area contributed by atoms with Crippen molar-refractivity contribution in [2.45, 2.75) is 13.8 Å². The molecule has 0 atom stereocenters. The quantitative estimate of drug-likeness (QED) is 0.372. The van der Waals surface area contributed by atoms with Gasteiger partial charge in [-0.2, -0.15) is 21.0 Å². The van der Waals surface area contributed by atoms with Crippen molar-refractivity contribution in [3.63, 3.8) is 0 Å². The molecule has 4 rings (SSSR count). The van der Waals surface area contributed by atoms with Crippen LogP contribution in [0.1, 0.15) is 30.5 Å². The van der Waals surface area contributed by atoms with Crippen molar-refractivity contribution < 1.29 is 4.42 Å². The highest BCUT2D eigenvalue weighted by molar-refractivity contribution is 6.15. The summed E-state index contributed by atoms with van der Waals surface area (Å²) in [4.78, 5) is 15.2. The maximum absolute atomic E-state index is 13.0. The number of anilines is 1. The van der Waals surface area contributed by atoms with Gasteiger partial charge < -0.3 is 9.32 Å². The highest BCUT2D eigenvalue weighted by Gasteiger charge is 2.32. The van der Waals surface area contributed by atoms with E-state index in [9.17, 15) is 25.8 Å². The summed E-state index contributed by atoms with van der Waals surface area (Å²) in [5.41, 5.74) is 2.42. The summed E-state index contributed by atoms with van der Waals surface area (Å²) in [5, 5.41) is 39.3. The van der Waals surface area contributed by atoms with E-state index in [2.05, 4.69) is 4.90 Å². The van der Waals surface area contributed by atoms with E-state index in [1.165, 1.54) is 6.08 Å². The number of benzene rings is 2. The predicted octanol–water partition coefficient (Wildman–Crippen LogP) is 5.34. The van der Waals surface area contributed by atoms with E-state index in [0.717, 1.165) is 18.8 Å². The highest BCUT2D eigenvalue weighted by atomic mass is 16.4. The largest absolute Gasteiger partial charge is 0.422 e. The molecule has 0 saturated heterocycles. The second-order valence-corrected chi connectivity index (χ2v) is 7.93. The van der Waals surface area contributed by atoms with Crippen LogP contribution >= 0.6 is 0 Å². The number of allylic oxidation sites excluding steroid dienone is 5. The molecule has 172 valence electrons. The molecule has 1 aromatic heterocycles. The van der Waals surface area contributed by atoms with Crippen LogP contribution in [0.5, 0.6) is 0 Å². The lowest BCUT2D eigenvalue weighted by Crippen LogP contribution is -2.21. The molecule has 1 aliphatic rings. The van der Waals surface area contributed by atoms with Crippen molar-refractivity contribution in [3.05, 3.63) is 92.4 Å². The van der Waals surface area contributed by atoms with E-state index in [0.29, 0.717) is 22.1 Å². The number of rotatable bonds is 4. The lowest BCUT2D eigenvalue weighted by molar-refractivity contribution is 0.559. The fourth-order valence-corrected chi connectivity index (χ4v) is 4.45. The third kappa shape index (κ3) is 3.92. The van der Waals surface area contributed by atoms with Crippen LogP contribution in [0, 0.1) is 45.3 Å². The monoisotopic (exact) mass is 469 g/mol. The minimum Gasteiger partial charge on any atom is -0.422 e. The maximum Gasteiger partial charge on any atom is 0.343 e. The van der Waals surface area contributed by atoms with Crippen LogP contribution < -0.4 is 10.5 Å². The summed E-state index contributed by atoms with van der Waals surface area (Å²) in [7, 11) is 0. The molecule has 0 unspecified atom stereocenters. The fourth-order valence-electron chi connectivity index (χ4n) is 4.45. The van der Waals surface area contributed by atoms with Crippen molar-refractivity contribution >= 4 is 33.9 Å². The van der Waals surface area contributed by atoms with Crippen LogP contribution in [-0.4, -0.2) is 13.1 Å². The number of hydrogen-bond acceptors (Lipinski definition) is 7. The first-order valence-electron chi connectivity index (χ1n) is 11.2. The van der Waals surface area contributed by atoms with Gasteiger partial charge in [-0.25, -0.2) is 4.79 Å². The van der Waals surface area contributed by atoms with Gasteiger partial charge in [0, 0.05) is 41.4 Å². The van der Waals surface area contributed by atoms with Gasteiger partial charge in [0.25, 0.3) is 0 Å². The highest BCUT2D eigenvalue weighted by Crippen LogP contribution is 2.48. The first kappa shape index (κ1) is 23.8. The van der Waals surface area contributed by atoms with Crippen molar-refractivity contribution in [1.29, 1.82) is 21.0 Å². The third-order valence-corrected chi connectivity index (χ3v) is 6.13. The van der Waals surface area contributed by atoms with Crippen LogP contribution in [0.4, 0.5) is 5.69 Å². The Morgan fingerprint density at radius 1 is 0.861 bits per heavy atom. The Morgan fingerprint density at radius 3 is 1.92 bits per heavy atom. The molecule has 7 heteroatoms. The number of nitrogens with zero attached hydrogens (tertiary/aromatic N) is 5. The van der Waals surface area contributed by atoms with E-state index < -0.39 is 5.63 Å². The summed E-state index contributed by atoms with van der Waals surface area (Å²) in [6.45, 7) is 5.70. The Hall–Kier alpha value is -5.37. The van der Waals surface area contributed by atoms with Gasteiger partial charge in [-0.15, -0.1) is 0 Å². The molecule has 0 amide bonds. The third-order valence-electron chi connectivity index (χ3n) is 6.13. The lowest BCUT2D eigenvalue weighted by Gasteiger charge is -2.20. The maximum atomic E-state index is 13.0. The zero-order chi connectivity index (χ0) is 25.8. The van der Waals surface area contributed by atoms with Gasteiger partial charge in [0.15, 0.2) is 0 Å². The first-order valence-corrected chi connectivity index (χ1v) is 11.2. The molecule has 3 aromatic rings. The Morgan fingerprint density at radius 2 is 1.42 bits per heavy atom. The second kappa shape index (κ2) is 9.86. The topological polar surface area (TPSA) is 129 Å². The van der Waals surface area contributed by atoms with E-state index in [4.69, 9.17) is 4.42 Å². The molecule has 0 aliphatic heterocycles. The Kier molecular flexibility index (Phi) is 6.51. The second-order valence-electron chi connectivity index (χ2n) is 7.93. The molecule has 1 aliphatic carbocycles. The normalized spacial score (nSPS) is 11.7. The van der Waals surface area contributed by atoms with Gasteiger partial charge in [-0.1, -0.05) is 24.3 Å². The lowest BCUT2D eigenvalue weighted by atomic mass is 9.95. The van der Waals surface area contributed by atoms with Crippen LogP contribution in [0.15, 0.2) is 74.5 Å². The number of hydrogen-bond donors (Lipinski definition) is 0. The van der Waals surface area contributed by atoms with Gasteiger partial charge in [0.1, 0.15) is 41.0 Å². The van der Waals surface area contributed by atoms with E-state index in [-0.39, 0.29) is 33.4 Å². The number of fused-ring (bicyclic) bond motifs is 2. The molecular weight excluding hydrogens is 450 g/mol. The van der Waals surface area contributed by atoms with Crippen LogP contribution in [0.25, 0.3) is 28.2 Å². The molecule has 7 nitrogen and oxygen atoms in total. The smallest absolute Gasteiger partial charge is 0.343 e. The summed E-state index contributed by atoms with van der Waals surface area (Å²) in [6, 6.07) is 21.8. The molecule has 2 aromatic carbocycles. The van der Waals surface area contributed by atoms with Gasteiger partial charge >= 0.3 is 5.63 Å². The number of nitriles is 4. The molecule has 0 spiro atoms. The summed E-state index contributed by atoms with van der Waals surface area (Å²) in [6.07, 6.45) is 1.48. The van der Waals surface area contributed by atoms with Gasteiger partial charge in [-0.3, -0.25) is 0 Å². The Labute approximate surface area is 208 Å². The fraction of sp³-hybridized carbons (Fsp3) is 0.138. The molecule has 0 N–H and O–H groups in total. The zero-order valence-electron chi connectivity index (χ0n) is 19.7. The van der Waals surface area contributed by atoms with E-state index in [1.807, 2.05) is 56.3 Å². The average Bonchev–Trinajstić information content (AvgIpc) is 3.21. The van der Waals surface area contributed by atoms with E-state index >= 15 is 0 Å². The molecule has 0 saturated carbocycles. The molecule has 0 radical (unpaired) electrons. The first-order chi connectivity index (χ1) is 17.5. The average molecular weight is 470 g/mol. The molecular formula is C29H19N5O2. The Balaban J connectivity index is 2.03. The minimum atomic E-state index is -0.618. The summed E-state index contributed by atoms with van der Waals surface area (Å²) in [5.74, 6) is 0. The molecule has 0 fully saturated rings. The van der Waals surface area contributed by atoms with Crippen LogP contribution in [-0.2, 0) is 0 Å². The summed E-state index contributed by atoms with van der Waals surface area (Å²) < 4.78 is 5.64. The van der Waals surface area contributed by atoms with Crippen molar-refractivity contribution in [3.8, 4) is 24.3 Å². The van der Waals surface area contributed by atoms with Gasteiger partial charge in [0.05, 0.1) is 5.56 Å². The standard InChI is InChI=1S/C29H19N5O2/c1-3-34(4-2)22-10-9-18-11-19(29(35)36-26(18)13-22)12-25-27(20(14-30)15-31)23-7-5-6-8-24(23)28(25)21(16-32)17-33/h5-13H,3-4H2,1-2H3. The van der Waals surface area contributed by atoms with Gasteiger partial charge in [0.2, 0.25) is 0 Å². The molecule has 0 bridgehead atoms. The van der Waals surface area contributed by atoms with Gasteiger partial charge in [-0.05, 0) is 54.8 Å². The molecule has 36 heavy (non-hydrogen) atoms. The van der Waals surface area contributed by atoms with Crippen LogP contribution in [0.2, 0.25) is 0 Å². The van der Waals surface area contributed by atoms with Crippen molar-refractivity contribution in [2.24, 2.45) is 0 Å². The van der Waals surface area contributed by atoms with Crippen molar-refractivity contribution in [1.82, 2.24) is 0 Å². The van der Waals surface area contributed by atoms with E-state index in [1.54, 1.807) is 30.3 Å². The molecule has 1 heterocycles. The van der Waals surface area contributed by atoms with Crippen molar-refractivity contribution in [2.75, 3.05) is 18.0 Å². The summed E-state index contributed by atoms with van der Waals surface area (Å²) >= 11 is 0. The van der Waals surface area contributed by atoms with Crippen LogP contribution in [0.3, 0.4) is 0 Å². The predicted molar refractivity (Wildman–Crippen MR) is 137 cm³/mol.